The second kappa shape index (κ2) is 7.34. The first-order chi connectivity index (χ1) is 9.31. The molecule has 2 nitrogen and oxygen atoms in total. The summed E-state index contributed by atoms with van der Waals surface area (Å²) in [5, 5.41) is 4.98. The Morgan fingerprint density at radius 2 is 2.05 bits per heavy atom. The monoisotopic (exact) mass is 258 g/mol. The molecule has 1 heterocycles. The molecule has 104 valence electrons. The van der Waals surface area contributed by atoms with E-state index in [1.807, 2.05) is 6.20 Å². The zero-order valence-corrected chi connectivity index (χ0v) is 12.2. The van der Waals surface area contributed by atoms with Crippen LogP contribution in [-0.2, 0) is 6.54 Å². The van der Waals surface area contributed by atoms with Crippen LogP contribution in [-0.4, -0.2) is 11.0 Å². The van der Waals surface area contributed by atoms with Crippen LogP contribution < -0.4 is 5.32 Å². The van der Waals surface area contributed by atoms with Gasteiger partial charge in [0.1, 0.15) is 0 Å². The van der Waals surface area contributed by atoms with Crippen molar-refractivity contribution < 1.29 is 0 Å². The zero-order chi connectivity index (χ0) is 13.5. The molecule has 0 spiro atoms. The van der Waals surface area contributed by atoms with Gasteiger partial charge in [-0.2, -0.15) is 0 Å². The molecule has 0 aliphatic rings. The van der Waals surface area contributed by atoms with Gasteiger partial charge in [0.2, 0.25) is 0 Å². The number of unbranched alkanes of at least 4 members (excludes halogenated alkanes) is 3. The van der Waals surface area contributed by atoms with E-state index in [1.54, 1.807) is 0 Å². The maximum absolute atomic E-state index is 3.64. The van der Waals surface area contributed by atoms with Crippen molar-refractivity contribution in [2.24, 2.45) is 0 Å². The highest BCUT2D eigenvalue weighted by atomic mass is 14.9. The summed E-state index contributed by atoms with van der Waals surface area (Å²) >= 11 is 0. The molecule has 1 aromatic heterocycles. The number of H-pyrrole nitrogens is 1. The van der Waals surface area contributed by atoms with Crippen LogP contribution in [0.5, 0.6) is 0 Å². The van der Waals surface area contributed by atoms with Crippen molar-refractivity contribution in [1.82, 2.24) is 10.3 Å². The fourth-order valence-corrected chi connectivity index (χ4v) is 2.57. The summed E-state index contributed by atoms with van der Waals surface area (Å²) in [6, 6.07) is 9.24. The van der Waals surface area contributed by atoms with Crippen molar-refractivity contribution in [2.75, 3.05) is 0 Å². The molecular formula is C17H26N2. The largest absolute Gasteiger partial charge is 0.361 e. The lowest BCUT2D eigenvalue weighted by atomic mass is 10.1. The lowest BCUT2D eigenvalue weighted by Crippen LogP contribution is -2.25. The van der Waals surface area contributed by atoms with E-state index in [2.05, 4.69) is 48.4 Å². The highest BCUT2D eigenvalue weighted by Gasteiger charge is 2.04. The maximum Gasteiger partial charge on any atom is 0.0457 e. The van der Waals surface area contributed by atoms with E-state index in [4.69, 9.17) is 0 Å². The van der Waals surface area contributed by atoms with Crippen molar-refractivity contribution in [1.29, 1.82) is 0 Å². The Bertz CT molecular complexity index is 487. The molecule has 1 atom stereocenters. The first kappa shape index (κ1) is 14.1. The Morgan fingerprint density at radius 3 is 2.89 bits per heavy atom. The van der Waals surface area contributed by atoms with E-state index in [9.17, 15) is 0 Å². The number of hydrogen-bond donors (Lipinski definition) is 2. The number of fused-ring (bicyclic) bond motifs is 1. The van der Waals surface area contributed by atoms with Gasteiger partial charge in [-0.1, -0.05) is 44.7 Å². The number of aromatic amines is 1. The molecule has 2 heteroatoms. The van der Waals surface area contributed by atoms with Crippen LogP contribution in [0.2, 0.25) is 0 Å². The molecule has 0 aliphatic heterocycles. The summed E-state index contributed by atoms with van der Waals surface area (Å²) in [5.41, 5.74) is 2.62. The van der Waals surface area contributed by atoms with E-state index >= 15 is 0 Å². The average molecular weight is 258 g/mol. The predicted molar refractivity (Wildman–Crippen MR) is 83.4 cm³/mol. The van der Waals surface area contributed by atoms with Crippen molar-refractivity contribution >= 4 is 10.9 Å². The zero-order valence-electron chi connectivity index (χ0n) is 12.2. The van der Waals surface area contributed by atoms with Crippen LogP contribution in [0, 0.1) is 0 Å². The third-order valence-electron chi connectivity index (χ3n) is 3.82. The third kappa shape index (κ3) is 4.10. The number of hydrogen-bond acceptors (Lipinski definition) is 1. The molecule has 1 unspecified atom stereocenters. The van der Waals surface area contributed by atoms with Crippen LogP contribution in [0.25, 0.3) is 10.9 Å². The molecule has 0 radical (unpaired) electrons. The third-order valence-corrected chi connectivity index (χ3v) is 3.82. The first-order valence-electron chi connectivity index (χ1n) is 7.59. The fraction of sp³-hybridized carbons (Fsp3) is 0.529. The van der Waals surface area contributed by atoms with E-state index in [-0.39, 0.29) is 0 Å². The normalized spacial score (nSPS) is 12.9. The second-order valence-electron chi connectivity index (χ2n) is 5.49. The van der Waals surface area contributed by atoms with E-state index in [0.717, 1.165) is 6.54 Å². The van der Waals surface area contributed by atoms with Gasteiger partial charge in [-0.25, -0.2) is 0 Å². The summed E-state index contributed by atoms with van der Waals surface area (Å²) in [6.07, 6.45) is 8.70. The molecule has 2 N–H and O–H groups in total. The summed E-state index contributed by atoms with van der Waals surface area (Å²) in [7, 11) is 0. The Hall–Kier alpha value is -1.28. The van der Waals surface area contributed by atoms with Gasteiger partial charge in [-0.15, -0.1) is 0 Å². The number of rotatable bonds is 8. The van der Waals surface area contributed by atoms with Gasteiger partial charge in [0.05, 0.1) is 0 Å². The molecule has 0 saturated carbocycles. The van der Waals surface area contributed by atoms with Crippen LogP contribution in [0.1, 0.15) is 51.5 Å². The molecule has 0 amide bonds. The number of nitrogens with one attached hydrogen (secondary N) is 2. The Labute approximate surface area is 116 Å². The van der Waals surface area contributed by atoms with Crippen LogP contribution >= 0.6 is 0 Å². The van der Waals surface area contributed by atoms with Crippen molar-refractivity contribution in [2.45, 2.75) is 58.5 Å². The van der Waals surface area contributed by atoms with Gasteiger partial charge >= 0.3 is 0 Å². The van der Waals surface area contributed by atoms with Gasteiger partial charge in [0.25, 0.3) is 0 Å². The lowest BCUT2D eigenvalue weighted by molar-refractivity contribution is 0.483. The molecule has 19 heavy (non-hydrogen) atoms. The summed E-state index contributed by atoms with van der Waals surface area (Å²) in [4.78, 5) is 3.27. The number of benzene rings is 1. The fourth-order valence-electron chi connectivity index (χ4n) is 2.57. The van der Waals surface area contributed by atoms with E-state index < -0.39 is 0 Å². The number of aromatic nitrogens is 1. The van der Waals surface area contributed by atoms with Crippen molar-refractivity contribution in [3.8, 4) is 0 Å². The van der Waals surface area contributed by atoms with Crippen LogP contribution in [0.4, 0.5) is 0 Å². The smallest absolute Gasteiger partial charge is 0.0457 e. The molecule has 0 saturated heterocycles. The summed E-state index contributed by atoms with van der Waals surface area (Å²) < 4.78 is 0. The van der Waals surface area contributed by atoms with Crippen LogP contribution in [0.3, 0.4) is 0 Å². The molecular weight excluding hydrogens is 232 g/mol. The predicted octanol–water partition coefficient (Wildman–Crippen LogP) is 4.62. The quantitative estimate of drug-likeness (QED) is 0.664. The minimum atomic E-state index is 0.603. The Kier molecular flexibility index (Phi) is 5.46. The topological polar surface area (TPSA) is 27.8 Å². The first-order valence-corrected chi connectivity index (χ1v) is 7.59. The Morgan fingerprint density at radius 1 is 1.16 bits per heavy atom. The minimum absolute atomic E-state index is 0.603. The molecule has 0 fully saturated rings. The lowest BCUT2D eigenvalue weighted by Gasteiger charge is -2.14. The average Bonchev–Trinajstić information content (AvgIpc) is 2.90. The molecule has 0 aliphatic carbocycles. The van der Waals surface area contributed by atoms with Gasteiger partial charge in [0.15, 0.2) is 0 Å². The highest BCUT2D eigenvalue weighted by Crippen LogP contribution is 2.17. The van der Waals surface area contributed by atoms with Crippen molar-refractivity contribution in [3.63, 3.8) is 0 Å². The minimum Gasteiger partial charge on any atom is -0.361 e. The molecule has 2 aromatic rings. The van der Waals surface area contributed by atoms with Gasteiger partial charge in [0, 0.05) is 29.7 Å². The molecule has 2 rings (SSSR count). The van der Waals surface area contributed by atoms with Gasteiger partial charge in [-0.3, -0.25) is 0 Å². The molecule has 1 aromatic carbocycles. The van der Waals surface area contributed by atoms with E-state index in [1.165, 1.54) is 48.6 Å². The Balaban J connectivity index is 1.80. The standard InChI is InChI=1S/C17H26N2/c1-3-4-5-6-8-14(2)19-13-15-9-7-10-17-16(15)11-12-18-17/h7,9-12,14,18-19H,3-6,8,13H2,1-2H3. The van der Waals surface area contributed by atoms with Crippen LogP contribution in [0.15, 0.2) is 30.5 Å². The second-order valence-corrected chi connectivity index (χ2v) is 5.49. The molecule has 0 bridgehead atoms. The SMILES string of the molecule is CCCCCCC(C)NCc1cccc2[nH]ccc12. The maximum atomic E-state index is 3.64. The summed E-state index contributed by atoms with van der Waals surface area (Å²) in [6.45, 7) is 5.52. The van der Waals surface area contributed by atoms with E-state index in [0.29, 0.717) is 6.04 Å². The van der Waals surface area contributed by atoms with Gasteiger partial charge in [-0.05, 0) is 31.0 Å². The summed E-state index contributed by atoms with van der Waals surface area (Å²) in [5.74, 6) is 0. The van der Waals surface area contributed by atoms with Gasteiger partial charge < -0.3 is 10.3 Å². The highest BCUT2D eigenvalue weighted by molar-refractivity contribution is 5.82. The van der Waals surface area contributed by atoms with Crippen molar-refractivity contribution in [3.05, 3.63) is 36.0 Å².